The van der Waals surface area contributed by atoms with Crippen molar-refractivity contribution in [2.24, 2.45) is 0 Å². The number of para-hydroxylation sites is 1. The molecule has 0 aliphatic rings. The topological polar surface area (TPSA) is 18.5 Å². The fourth-order valence-corrected chi connectivity index (χ4v) is 1.26. The summed E-state index contributed by atoms with van der Waals surface area (Å²) in [5, 5.41) is 0. The fourth-order valence-electron chi connectivity index (χ4n) is 1.26. The molecule has 0 spiro atoms. The molecule has 2 heteroatoms. The van der Waals surface area contributed by atoms with Crippen LogP contribution in [0.1, 0.15) is 26.2 Å². The number of benzene rings is 1. The van der Waals surface area contributed by atoms with Gasteiger partial charge in [-0.15, -0.1) is 0 Å². The van der Waals surface area contributed by atoms with Crippen LogP contribution in [-0.4, -0.2) is 6.61 Å². The summed E-state index contributed by atoms with van der Waals surface area (Å²) in [6.07, 6.45) is 5.48. The first kappa shape index (κ1) is 12.8. The lowest BCUT2D eigenvalue weighted by atomic mass is 10.3. The maximum atomic E-state index is 5.52. The lowest BCUT2D eigenvalue weighted by Gasteiger charge is -2.13. The van der Waals surface area contributed by atoms with Crippen LogP contribution in [0.25, 0.3) is 0 Å². The molecule has 0 aliphatic carbocycles. The fraction of sp³-hybridized carbons (Fsp3) is 0.357. The van der Waals surface area contributed by atoms with Gasteiger partial charge in [-0.2, -0.15) is 0 Å². The van der Waals surface area contributed by atoms with E-state index in [0.29, 0.717) is 12.9 Å². The number of hydrogen-bond donors (Lipinski definition) is 0. The molecule has 1 aromatic carbocycles. The molecule has 2 nitrogen and oxygen atoms in total. The molecule has 0 saturated carbocycles. The first-order chi connectivity index (χ1) is 7.86. The van der Waals surface area contributed by atoms with Crippen LogP contribution < -0.4 is 4.74 Å². The number of ether oxygens (including phenoxy) is 2. The Morgan fingerprint density at radius 3 is 2.62 bits per heavy atom. The van der Waals surface area contributed by atoms with Crippen LogP contribution >= 0.6 is 0 Å². The van der Waals surface area contributed by atoms with Crippen LogP contribution in [0.15, 0.2) is 43.0 Å². The van der Waals surface area contributed by atoms with E-state index >= 15 is 0 Å². The Kier molecular flexibility index (Phi) is 6.35. The molecule has 16 heavy (non-hydrogen) atoms. The normalized spacial score (nSPS) is 10.4. The average Bonchev–Trinajstić information content (AvgIpc) is 2.34. The monoisotopic (exact) mass is 219 g/mol. The van der Waals surface area contributed by atoms with E-state index in [2.05, 4.69) is 13.5 Å². The van der Waals surface area contributed by atoms with Crippen LogP contribution in [0, 0.1) is 6.29 Å². The predicted molar refractivity (Wildman–Crippen MR) is 66.0 cm³/mol. The van der Waals surface area contributed by atoms with E-state index in [1.54, 1.807) is 6.08 Å². The molecular weight excluding hydrogens is 200 g/mol. The Balaban J connectivity index is 2.29. The van der Waals surface area contributed by atoms with Crippen molar-refractivity contribution in [2.75, 3.05) is 6.61 Å². The van der Waals surface area contributed by atoms with Gasteiger partial charge in [0.25, 0.3) is 0 Å². The third kappa shape index (κ3) is 4.99. The maximum Gasteiger partial charge on any atom is 0.300 e. The summed E-state index contributed by atoms with van der Waals surface area (Å²) in [7, 11) is 0. The molecule has 0 N–H and O–H groups in total. The van der Waals surface area contributed by atoms with Crippen molar-refractivity contribution in [3.05, 3.63) is 49.3 Å². The zero-order chi connectivity index (χ0) is 11.6. The molecular formula is C14H19O2. The first-order valence-corrected chi connectivity index (χ1v) is 5.72. The third-order valence-corrected chi connectivity index (χ3v) is 2.12. The lowest BCUT2D eigenvalue weighted by Crippen LogP contribution is -2.09. The summed E-state index contributed by atoms with van der Waals surface area (Å²) in [5.41, 5.74) is 0. The molecule has 0 aromatic heterocycles. The van der Waals surface area contributed by atoms with E-state index in [-0.39, 0.29) is 0 Å². The molecule has 0 atom stereocenters. The lowest BCUT2D eigenvalue weighted by molar-refractivity contribution is 0.0455. The van der Waals surface area contributed by atoms with Gasteiger partial charge in [0, 0.05) is 0 Å². The predicted octanol–water partition coefficient (Wildman–Crippen LogP) is 3.95. The second-order valence-corrected chi connectivity index (χ2v) is 3.49. The van der Waals surface area contributed by atoms with Crippen molar-refractivity contribution in [3.8, 4) is 5.75 Å². The quantitative estimate of drug-likeness (QED) is 0.616. The van der Waals surface area contributed by atoms with Crippen molar-refractivity contribution in [2.45, 2.75) is 26.2 Å². The zero-order valence-electron chi connectivity index (χ0n) is 9.82. The average molecular weight is 219 g/mol. The van der Waals surface area contributed by atoms with Gasteiger partial charge in [-0.1, -0.05) is 44.5 Å². The van der Waals surface area contributed by atoms with Gasteiger partial charge in [0.1, 0.15) is 5.75 Å². The molecule has 1 radical (unpaired) electrons. The van der Waals surface area contributed by atoms with E-state index in [9.17, 15) is 0 Å². The van der Waals surface area contributed by atoms with Crippen molar-refractivity contribution < 1.29 is 9.47 Å². The van der Waals surface area contributed by atoms with E-state index in [1.807, 2.05) is 30.3 Å². The summed E-state index contributed by atoms with van der Waals surface area (Å²) in [4.78, 5) is 0. The number of hydrogen-bond acceptors (Lipinski definition) is 2. The second kappa shape index (κ2) is 7.94. The summed E-state index contributed by atoms with van der Waals surface area (Å²) in [6.45, 7) is 6.52. The Morgan fingerprint density at radius 2 is 2.00 bits per heavy atom. The van der Waals surface area contributed by atoms with Crippen molar-refractivity contribution in [1.29, 1.82) is 0 Å². The zero-order valence-corrected chi connectivity index (χ0v) is 9.82. The highest BCUT2D eigenvalue weighted by atomic mass is 16.7. The van der Waals surface area contributed by atoms with Gasteiger partial charge >= 0.3 is 6.29 Å². The Morgan fingerprint density at radius 1 is 1.25 bits per heavy atom. The van der Waals surface area contributed by atoms with E-state index in [1.165, 1.54) is 12.8 Å². The SMILES string of the molecule is C=C[C](OCCCCC)Oc1ccccc1. The van der Waals surface area contributed by atoms with Crippen molar-refractivity contribution >= 4 is 0 Å². The first-order valence-electron chi connectivity index (χ1n) is 5.72. The van der Waals surface area contributed by atoms with E-state index in [4.69, 9.17) is 9.47 Å². The Hall–Kier alpha value is -1.28. The van der Waals surface area contributed by atoms with Gasteiger partial charge in [-0.3, -0.25) is 0 Å². The summed E-state index contributed by atoms with van der Waals surface area (Å²) in [5.74, 6) is 0.771. The van der Waals surface area contributed by atoms with Gasteiger partial charge in [-0.05, 0) is 24.6 Å². The molecule has 0 saturated heterocycles. The number of rotatable bonds is 8. The third-order valence-electron chi connectivity index (χ3n) is 2.12. The minimum Gasteiger partial charge on any atom is -0.452 e. The molecule has 0 heterocycles. The molecule has 1 aromatic rings. The van der Waals surface area contributed by atoms with Gasteiger partial charge in [0.05, 0.1) is 6.61 Å². The van der Waals surface area contributed by atoms with Gasteiger partial charge in [-0.25, -0.2) is 0 Å². The van der Waals surface area contributed by atoms with Crippen LogP contribution in [0.2, 0.25) is 0 Å². The van der Waals surface area contributed by atoms with Crippen LogP contribution in [0.5, 0.6) is 5.75 Å². The highest BCUT2D eigenvalue weighted by molar-refractivity contribution is 5.22. The standard InChI is InChI=1S/C14H19O2/c1-3-5-9-12-15-14(4-2)16-13-10-7-6-8-11-13/h4,6-8,10-11H,2-3,5,9,12H2,1H3. The molecule has 0 fully saturated rings. The molecule has 1 rings (SSSR count). The Bertz CT molecular complexity index is 282. The second-order valence-electron chi connectivity index (χ2n) is 3.49. The smallest absolute Gasteiger partial charge is 0.300 e. The van der Waals surface area contributed by atoms with Gasteiger partial charge in [0.15, 0.2) is 0 Å². The van der Waals surface area contributed by atoms with E-state index in [0.717, 1.165) is 12.2 Å². The minimum atomic E-state index is 0.474. The Labute approximate surface area is 97.9 Å². The summed E-state index contributed by atoms with van der Waals surface area (Å²) in [6, 6.07) is 9.57. The van der Waals surface area contributed by atoms with Crippen LogP contribution in [-0.2, 0) is 4.74 Å². The van der Waals surface area contributed by atoms with Crippen LogP contribution in [0.3, 0.4) is 0 Å². The molecule has 0 unspecified atom stereocenters. The molecule has 0 amide bonds. The van der Waals surface area contributed by atoms with Gasteiger partial charge < -0.3 is 9.47 Å². The van der Waals surface area contributed by atoms with E-state index < -0.39 is 0 Å². The minimum absolute atomic E-state index is 0.474. The van der Waals surface area contributed by atoms with Gasteiger partial charge in [0.2, 0.25) is 0 Å². The molecule has 0 bridgehead atoms. The number of unbranched alkanes of at least 4 members (excludes halogenated alkanes) is 2. The molecule has 0 aliphatic heterocycles. The molecule has 87 valence electrons. The highest BCUT2D eigenvalue weighted by Crippen LogP contribution is 2.16. The highest BCUT2D eigenvalue weighted by Gasteiger charge is 2.07. The summed E-state index contributed by atoms with van der Waals surface area (Å²) >= 11 is 0. The largest absolute Gasteiger partial charge is 0.452 e. The van der Waals surface area contributed by atoms with Crippen molar-refractivity contribution in [3.63, 3.8) is 0 Å². The van der Waals surface area contributed by atoms with Crippen LogP contribution in [0.4, 0.5) is 0 Å². The maximum absolute atomic E-state index is 5.52. The summed E-state index contributed by atoms with van der Waals surface area (Å²) < 4.78 is 11.0. The van der Waals surface area contributed by atoms with Crippen molar-refractivity contribution in [1.82, 2.24) is 0 Å².